The first-order valence-corrected chi connectivity index (χ1v) is 6.45. The van der Waals surface area contributed by atoms with E-state index < -0.39 is 23.7 Å². The van der Waals surface area contributed by atoms with Gasteiger partial charge in [0.1, 0.15) is 5.82 Å². The lowest BCUT2D eigenvalue weighted by Crippen LogP contribution is -2.43. The lowest BCUT2D eigenvalue weighted by atomic mass is 10.2. The quantitative estimate of drug-likeness (QED) is 0.729. The summed E-state index contributed by atoms with van der Waals surface area (Å²) < 4.78 is 13.2. The lowest BCUT2D eigenvalue weighted by molar-refractivity contribution is -0.136. The monoisotopic (exact) mass is 332 g/mol. The molecule has 7 heteroatoms. The van der Waals surface area contributed by atoms with Gasteiger partial charge in [-0.2, -0.15) is 0 Å². The zero-order valence-electron chi connectivity index (χ0n) is 10.2. The number of carbonyl (C=O) groups is 2. The van der Waals surface area contributed by atoms with Crippen molar-refractivity contribution < 1.29 is 19.1 Å². The molecular weight excluding hydrogens is 319 g/mol. The summed E-state index contributed by atoms with van der Waals surface area (Å²) in [7, 11) is 0. The summed E-state index contributed by atoms with van der Waals surface area (Å²) in [6, 6.07) is 3.40. The van der Waals surface area contributed by atoms with Gasteiger partial charge in [-0.1, -0.05) is 6.92 Å². The molecule has 1 rings (SSSR count). The molecule has 0 aliphatic rings. The van der Waals surface area contributed by atoms with E-state index in [4.69, 9.17) is 5.11 Å². The maximum atomic E-state index is 13.0. The van der Waals surface area contributed by atoms with Crippen molar-refractivity contribution in [3.05, 3.63) is 28.5 Å². The van der Waals surface area contributed by atoms with Crippen LogP contribution in [0.2, 0.25) is 0 Å². The Morgan fingerprint density at radius 2 is 2.11 bits per heavy atom. The Bertz CT molecular complexity index is 478. The van der Waals surface area contributed by atoms with E-state index in [-0.39, 0.29) is 11.1 Å². The Balaban J connectivity index is 2.63. The van der Waals surface area contributed by atoms with Gasteiger partial charge in [-0.3, -0.25) is 9.59 Å². The molecule has 0 fully saturated rings. The number of rotatable bonds is 4. The van der Waals surface area contributed by atoms with E-state index in [1.165, 1.54) is 18.2 Å². The van der Waals surface area contributed by atoms with Crippen molar-refractivity contribution in [1.29, 1.82) is 0 Å². The zero-order chi connectivity index (χ0) is 14.4. The van der Waals surface area contributed by atoms with Crippen LogP contribution in [0, 0.1) is 5.82 Å². The number of anilines is 1. The molecule has 1 aromatic carbocycles. The van der Waals surface area contributed by atoms with Crippen LogP contribution in [0.3, 0.4) is 0 Å². The third-order valence-corrected chi connectivity index (χ3v) is 3.04. The maximum absolute atomic E-state index is 13.0. The lowest BCUT2D eigenvalue weighted by Gasteiger charge is -2.13. The smallest absolute Gasteiger partial charge is 0.313 e. The summed E-state index contributed by atoms with van der Waals surface area (Å²) in [6.07, 6.45) is 0.512. The molecule has 0 aliphatic carbocycles. The van der Waals surface area contributed by atoms with Gasteiger partial charge in [0, 0.05) is 5.69 Å². The number of nitrogens with one attached hydrogen (secondary N) is 2. The zero-order valence-corrected chi connectivity index (χ0v) is 11.8. The number of benzene rings is 1. The van der Waals surface area contributed by atoms with Gasteiger partial charge < -0.3 is 15.7 Å². The van der Waals surface area contributed by atoms with Gasteiger partial charge >= 0.3 is 11.8 Å². The fourth-order valence-electron chi connectivity index (χ4n) is 1.29. The topological polar surface area (TPSA) is 78.4 Å². The molecular formula is C12H14BrFN2O3. The van der Waals surface area contributed by atoms with Crippen molar-refractivity contribution in [2.24, 2.45) is 0 Å². The molecule has 0 bridgehead atoms. The molecule has 1 unspecified atom stereocenters. The van der Waals surface area contributed by atoms with E-state index >= 15 is 0 Å². The minimum absolute atomic E-state index is 0.188. The van der Waals surface area contributed by atoms with Crippen molar-refractivity contribution in [2.75, 3.05) is 11.9 Å². The standard InChI is InChI=1S/C12H14BrFN2O3/c1-2-7(6-17)15-11(18)12(19)16-8-3-4-10(14)9(13)5-8/h3-5,7,17H,2,6H2,1H3,(H,15,18)(H,16,19). The van der Waals surface area contributed by atoms with E-state index in [0.29, 0.717) is 12.1 Å². The van der Waals surface area contributed by atoms with Crippen molar-refractivity contribution >= 4 is 33.4 Å². The van der Waals surface area contributed by atoms with Crippen LogP contribution < -0.4 is 10.6 Å². The van der Waals surface area contributed by atoms with Crippen LogP contribution in [0.15, 0.2) is 22.7 Å². The average molecular weight is 333 g/mol. The average Bonchev–Trinajstić information content (AvgIpc) is 2.39. The molecule has 0 aromatic heterocycles. The molecule has 0 heterocycles. The highest BCUT2D eigenvalue weighted by molar-refractivity contribution is 9.10. The van der Waals surface area contributed by atoms with Crippen molar-refractivity contribution in [3.8, 4) is 0 Å². The Hall–Kier alpha value is -1.47. The maximum Gasteiger partial charge on any atom is 0.313 e. The second-order valence-electron chi connectivity index (χ2n) is 3.84. The highest BCUT2D eigenvalue weighted by atomic mass is 79.9. The Morgan fingerprint density at radius 1 is 1.42 bits per heavy atom. The molecule has 0 saturated carbocycles. The number of aliphatic hydroxyl groups is 1. The number of hydrogen-bond donors (Lipinski definition) is 3. The Morgan fingerprint density at radius 3 is 2.63 bits per heavy atom. The van der Waals surface area contributed by atoms with E-state index in [9.17, 15) is 14.0 Å². The van der Waals surface area contributed by atoms with Crippen LogP contribution in [-0.4, -0.2) is 29.6 Å². The first-order valence-electron chi connectivity index (χ1n) is 5.65. The molecule has 0 spiro atoms. The van der Waals surface area contributed by atoms with Gasteiger partial charge in [0.2, 0.25) is 0 Å². The molecule has 104 valence electrons. The summed E-state index contributed by atoms with van der Waals surface area (Å²) in [6.45, 7) is 1.54. The summed E-state index contributed by atoms with van der Waals surface area (Å²) in [5.41, 5.74) is 0.297. The highest BCUT2D eigenvalue weighted by Gasteiger charge is 2.17. The molecule has 2 amide bonds. The second kappa shape index (κ2) is 7.20. The Kier molecular flexibility index (Phi) is 5.91. The van der Waals surface area contributed by atoms with Gasteiger partial charge in [-0.25, -0.2) is 4.39 Å². The van der Waals surface area contributed by atoms with Crippen molar-refractivity contribution in [1.82, 2.24) is 5.32 Å². The molecule has 1 aromatic rings. The first kappa shape index (κ1) is 15.6. The van der Waals surface area contributed by atoms with Gasteiger partial charge in [-0.15, -0.1) is 0 Å². The fourth-order valence-corrected chi connectivity index (χ4v) is 1.67. The largest absolute Gasteiger partial charge is 0.394 e. The third-order valence-electron chi connectivity index (χ3n) is 2.43. The molecule has 1 atom stereocenters. The molecule has 0 aliphatic heterocycles. The number of halogens is 2. The van der Waals surface area contributed by atoms with Gasteiger partial charge in [0.15, 0.2) is 0 Å². The van der Waals surface area contributed by atoms with Crippen LogP contribution in [-0.2, 0) is 9.59 Å². The number of amides is 2. The number of aliphatic hydroxyl groups excluding tert-OH is 1. The fraction of sp³-hybridized carbons (Fsp3) is 0.333. The van der Waals surface area contributed by atoms with Crippen LogP contribution in [0.1, 0.15) is 13.3 Å². The number of carbonyl (C=O) groups excluding carboxylic acids is 2. The molecule has 19 heavy (non-hydrogen) atoms. The van der Waals surface area contributed by atoms with E-state index in [1.54, 1.807) is 6.92 Å². The van der Waals surface area contributed by atoms with Crippen LogP contribution >= 0.6 is 15.9 Å². The summed E-state index contributed by atoms with van der Waals surface area (Å²) in [5, 5.41) is 13.6. The van der Waals surface area contributed by atoms with Crippen LogP contribution in [0.5, 0.6) is 0 Å². The SMILES string of the molecule is CCC(CO)NC(=O)C(=O)Nc1ccc(F)c(Br)c1. The van der Waals surface area contributed by atoms with Crippen molar-refractivity contribution in [3.63, 3.8) is 0 Å². The van der Waals surface area contributed by atoms with E-state index in [0.717, 1.165) is 0 Å². The Labute approximate surface area is 118 Å². The predicted octanol–water partition coefficient (Wildman–Crippen LogP) is 1.41. The highest BCUT2D eigenvalue weighted by Crippen LogP contribution is 2.19. The van der Waals surface area contributed by atoms with E-state index in [2.05, 4.69) is 26.6 Å². The number of hydrogen-bond acceptors (Lipinski definition) is 3. The van der Waals surface area contributed by atoms with Crippen LogP contribution in [0.25, 0.3) is 0 Å². The summed E-state index contributed by atoms with van der Waals surface area (Å²) >= 11 is 2.98. The third kappa shape index (κ3) is 4.60. The van der Waals surface area contributed by atoms with Gasteiger partial charge in [-0.05, 0) is 40.5 Å². The molecule has 0 saturated heterocycles. The molecule has 5 nitrogen and oxygen atoms in total. The van der Waals surface area contributed by atoms with Crippen molar-refractivity contribution in [2.45, 2.75) is 19.4 Å². The molecule has 0 radical (unpaired) electrons. The first-order chi connectivity index (χ1) is 8.97. The minimum atomic E-state index is -0.870. The second-order valence-corrected chi connectivity index (χ2v) is 4.70. The predicted molar refractivity (Wildman–Crippen MR) is 72.0 cm³/mol. The molecule has 3 N–H and O–H groups in total. The van der Waals surface area contributed by atoms with Crippen LogP contribution in [0.4, 0.5) is 10.1 Å². The normalized spacial score (nSPS) is 11.8. The van der Waals surface area contributed by atoms with Gasteiger partial charge in [0.25, 0.3) is 0 Å². The minimum Gasteiger partial charge on any atom is -0.394 e. The van der Waals surface area contributed by atoms with Gasteiger partial charge in [0.05, 0.1) is 17.1 Å². The summed E-state index contributed by atoms with van der Waals surface area (Å²) in [4.78, 5) is 23.1. The summed E-state index contributed by atoms with van der Waals surface area (Å²) in [5.74, 6) is -2.18. The van der Waals surface area contributed by atoms with E-state index in [1.807, 2.05) is 0 Å².